The molecular weight excluding hydrogens is 346 g/mol. The van der Waals surface area contributed by atoms with Crippen molar-refractivity contribution in [2.45, 2.75) is 32.5 Å². The second-order valence-electron chi connectivity index (χ2n) is 6.15. The summed E-state index contributed by atoms with van der Waals surface area (Å²) in [6.45, 7) is 10.4. The second-order valence-corrected chi connectivity index (χ2v) is 7.09. The Balaban J connectivity index is 1.81. The number of thioether (sulfide) groups is 1. The topological polar surface area (TPSA) is 60.9 Å². The summed E-state index contributed by atoms with van der Waals surface area (Å²) in [5.74, 6) is 1.66. The molecule has 26 heavy (non-hydrogen) atoms. The molecule has 0 spiro atoms. The monoisotopic (exact) mass is 367 g/mol. The summed E-state index contributed by atoms with van der Waals surface area (Å²) in [5, 5.41) is 9.11. The van der Waals surface area contributed by atoms with Crippen LogP contribution >= 0.6 is 11.8 Å². The number of carbonyl (C=O) groups is 1. The Bertz CT molecular complexity index is 942. The fraction of sp³-hybridized carbons (Fsp3) is 0.250. The van der Waals surface area contributed by atoms with Crippen molar-refractivity contribution >= 4 is 17.5 Å². The number of carbonyl (C=O) groups excluding carboxylic acids is 1. The highest BCUT2D eigenvalue weighted by atomic mass is 32.2. The van der Waals surface area contributed by atoms with Crippen molar-refractivity contribution in [3.05, 3.63) is 65.4 Å². The quantitative estimate of drug-likeness (QED) is 0.346. The first-order chi connectivity index (χ1) is 12.5. The maximum Gasteiger partial charge on any atom is 0.200 e. The third-order valence-corrected chi connectivity index (χ3v) is 5.21. The molecule has 2 heterocycles. The Morgan fingerprint density at radius 3 is 2.69 bits per heavy atom. The van der Waals surface area contributed by atoms with E-state index in [0.717, 1.165) is 16.7 Å². The van der Waals surface area contributed by atoms with Crippen molar-refractivity contribution in [3.63, 3.8) is 0 Å². The van der Waals surface area contributed by atoms with Crippen molar-refractivity contribution in [2.75, 3.05) is 5.75 Å². The highest BCUT2D eigenvalue weighted by molar-refractivity contribution is 7.99. The van der Waals surface area contributed by atoms with Gasteiger partial charge in [0, 0.05) is 12.1 Å². The van der Waals surface area contributed by atoms with E-state index in [1.165, 1.54) is 17.3 Å². The molecule has 1 aromatic carbocycles. The minimum Gasteiger partial charge on any atom is -0.461 e. The fourth-order valence-corrected chi connectivity index (χ4v) is 3.58. The van der Waals surface area contributed by atoms with Gasteiger partial charge in [0.2, 0.25) is 5.82 Å². The molecule has 0 saturated heterocycles. The summed E-state index contributed by atoms with van der Waals surface area (Å²) in [6, 6.07) is 7.67. The van der Waals surface area contributed by atoms with Crippen molar-refractivity contribution in [2.24, 2.45) is 0 Å². The van der Waals surface area contributed by atoms with Gasteiger partial charge in [-0.15, -0.1) is 16.8 Å². The van der Waals surface area contributed by atoms with Crippen LogP contribution in [-0.2, 0) is 6.54 Å². The molecule has 0 fully saturated rings. The Morgan fingerprint density at radius 1 is 1.23 bits per heavy atom. The average molecular weight is 367 g/mol. The van der Waals surface area contributed by atoms with E-state index in [2.05, 4.69) is 29.8 Å². The predicted molar refractivity (Wildman–Crippen MR) is 104 cm³/mol. The van der Waals surface area contributed by atoms with Crippen molar-refractivity contribution < 1.29 is 9.21 Å². The van der Waals surface area contributed by atoms with E-state index < -0.39 is 0 Å². The third-order valence-electron chi connectivity index (χ3n) is 4.24. The lowest BCUT2D eigenvalue weighted by atomic mass is 9.99. The molecule has 0 saturated carbocycles. The summed E-state index contributed by atoms with van der Waals surface area (Å²) in [4.78, 5) is 12.7. The van der Waals surface area contributed by atoms with Crippen molar-refractivity contribution in [3.8, 4) is 11.6 Å². The van der Waals surface area contributed by atoms with Gasteiger partial charge < -0.3 is 4.42 Å². The molecule has 3 rings (SSSR count). The minimum atomic E-state index is 0.0864. The molecule has 3 aromatic rings. The summed E-state index contributed by atoms with van der Waals surface area (Å²) in [5.41, 5.74) is 4.09. The number of aromatic nitrogens is 3. The Labute approximate surface area is 157 Å². The molecule has 0 unspecified atom stereocenters. The van der Waals surface area contributed by atoms with E-state index in [1.54, 1.807) is 18.4 Å². The van der Waals surface area contributed by atoms with Crippen molar-refractivity contribution in [1.29, 1.82) is 0 Å². The molecule has 134 valence electrons. The third kappa shape index (κ3) is 3.65. The summed E-state index contributed by atoms with van der Waals surface area (Å²) in [7, 11) is 0. The number of rotatable bonds is 7. The van der Waals surface area contributed by atoms with Crippen LogP contribution in [0, 0.1) is 20.8 Å². The van der Waals surface area contributed by atoms with E-state index in [9.17, 15) is 4.79 Å². The minimum absolute atomic E-state index is 0.0864. The molecule has 0 aliphatic carbocycles. The maximum atomic E-state index is 12.7. The number of ketones is 1. The number of Topliss-reactive ketones (excluding diaryl/α,β-unsaturated/α-hetero) is 1. The number of nitrogens with zero attached hydrogens (tertiary/aromatic N) is 3. The molecule has 0 atom stereocenters. The summed E-state index contributed by atoms with van der Waals surface area (Å²) in [6.07, 6.45) is 3.37. The van der Waals surface area contributed by atoms with Crippen molar-refractivity contribution in [1.82, 2.24) is 14.8 Å². The number of hydrogen-bond donors (Lipinski definition) is 0. The van der Waals surface area contributed by atoms with Gasteiger partial charge >= 0.3 is 0 Å². The van der Waals surface area contributed by atoms with Gasteiger partial charge in [-0.3, -0.25) is 9.36 Å². The SMILES string of the molecule is C=CCn1c(SCC(=O)c2cc(C)c(C)cc2C)nnc1-c1ccco1. The fourth-order valence-electron chi connectivity index (χ4n) is 2.75. The van der Waals surface area contributed by atoms with Gasteiger partial charge in [-0.1, -0.05) is 23.9 Å². The van der Waals surface area contributed by atoms with Crippen LogP contribution in [0.4, 0.5) is 0 Å². The second kappa shape index (κ2) is 7.74. The van der Waals surface area contributed by atoms with Gasteiger partial charge in [-0.05, 0) is 55.7 Å². The lowest BCUT2D eigenvalue weighted by Crippen LogP contribution is -2.08. The first kappa shape index (κ1) is 18.2. The van der Waals surface area contributed by atoms with Crippen LogP contribution in [0.2, 0.25) is 0 Å². The van der Waals surface area contributed by atoms with E-state index in [-0.39, 0.29) is 5.78 Å². The number of aryl methyl sites for hydroxylation is 3. The molecule has 0 radical (unpaired) electrons. The summed E-state index contributed by atoms with van der Waals surface area (Å²) < 4.78 is 7.32. The lowest BCUT2D eigenvalue weighted by molar-refractivity contribution is 0.102. The largest absolute Gasteiger partial charge is 0.461 e. The number of hydrogen-bond acceptors (Lipinski definition) is 5. The van der Waals surface area contributed by atoms with Gasteiger partial charge in [0.25, 0.3) is 0 Å². The molecule has 0 aliphatic rings. The number of benzene rings is 1. The van der Waals surface area contributed by atoms with Gasteiger partial charge in [0.05, 0.1) is 12.0 Å². The van der Waals surface area contributed by atoms with E-state index in [1.807, 2.05) is 30.5 Å². The van der Waals surface area contributed by atoms with E-state index in [0.29, 0.717) is 29.0 Å². The first-order valence-corrected chi connectivity index (χ1v) is 9.31. The Morgan fingerprint density at radius 2 is 2.00 bits per heavy atom. The Kier molecular flexibility index (Phi) is 5.42. The zero-order valence-corrected chi connectivity index (χ0v) is 16.0. The molecule has 5 nitrogen and oxygen atoms in total. The Hall–Kier alpha value is -2.60. The van der Waals surface area contributed by atoms with Crippen LogP contribution in [-0.4, -0.2) is 26.3 Å². The normalized spacial score (nSPS) is 10.9. The van der Waals surface area contributed by atoms with Gasteiger partial charge in [0.15, 0.2) is 16.7 Å². The molecule has 0 aliphatic heterocycles. The standard InChI is InChI=1S/C20H21N3O2S/c1-5-8-23-19(18-7-6-9-25-18)21-22-20(23)26-12-17(24)16-11-14(3)13(2)10-15(16)4/h5-7,9-11H,1,8,12H2,2-4H3. The molecule has 6 heteroatoms. The highest BCUT2D eigenvalue weighted by Crippen LogP contribution is 2.26. The summed E-state index contributed by atoms with van der Waals surface area (Å²) >= 11 is 1.38. The molecule has 2 aromatic heterocycles. The van der Waals surface area contributed by atoms with Crippen LogP contribution in [0.1, 0.15) is 27.0 Å². The highest BCUT2D eigenvalue weighted by Gasteiger charge is 2.18. The van der Waals surface area contributed by atoms with Gasteiger partial charge in [-0.2, -0.15) is 0 Å². The molecule has 0 amide bonds. The van der Waals surface area contributed by atoms with Crippen LogP contribution in [0.15, 0.2) is 52.8 Å². The van der Waals surface area contributed by atoms with Gasteiger partial charge in [0.1, 0.15) is 0 Å². The average Bonchev–Trinajstić information content (AvgIpc) is 3.26. The van der Waals surface area contributed by atoms with Crippen LogP contribution < -0.4 is 0 Å². The molecular formula is C20H21N3O2S. The molecule has 0 bridgehead atoms. The first-order valence-electron chi connectivity index (χ1n) is 8.33. The van der Waals surface area contributed by atoms with Crippen LogP contribution in [0.5, 0.6) is 0 Å². The zero-order chi connectivity index (χ0) is 18.7. The zero-order valence-electron chi connectivity index (χ0n) is 15.2. The van der Waals surface area contributed by atoms with Crippen LogP contribution in [0.3, 0.4) is 0 Å². The van der Waals surface area contributed by atoms with E-state index in [4.69, 9.17) is 4.42 Å². The van der Waals surface area contributed by atoms with E-state index >= 15 is 0 Å². The van der Waals surface area contributed by atoms with Gasteiger partial charge in [-0.25, -0.2) is 0 Å². The maximum absolute atomic E-state index is 12.7. The molecule has 0 N–H and O–H groups in total. The number of allylic oxidation sites excluding steroid dienone is 1. The smallest absolute Gasteiger partial charge is 0.200 e. The predicted octanol–water partition coefficient (Wildman–Crippen LogP) is 4.62. The lowest BCUT2D eigenvalue weighted by Gasteiger charge is -2.09. The van der Waals surface area contributed by atoms with Crippen LogP contribution in [0.25, 0.3) is 11.6 Å². The number of furan rings is 1.